The van der Waals surface area contributed by atoms with Gasteiger partial charge in [0.1, 0.15) is 0 Å². The van der Waals surface area contributed by atoms with Crippen molar-refractivity contribution in [1.29, 1.82) is 0 Å². The van der Waals surface area contributed by atoms with E-state index in [9.17, 15) is 0 Å². The Kier molecular flexibility index (Phi) is 7.58. The van der Waals surface area contributed by atoms with Crippen molar-refractivity contribution in [3.63, 3.8) is 0 Å². The molecule has 0 saturated heterocycles. The molecule has 2 atom stereocenters. The van der Waals surface area contributed by atoms with Crippen LogP contribution in [0.3, 0.4) is 0 Å². The van der Waals surface area contributed by atoms with Crippen molar-refractivity contribution in [2.75, 3.05) is 0 Å². The molecule has 2 heterocycles. The van der Waals surface area contributed by atoms with Gasteiger partial charge in [-0.1, -0.05) is 146 Å². The number of aromatic nitrogens is 5. The first kappa shape index (κ1) is 31.9. The van der Waals surface area contributed by atoms with E-state index in [1.54, 1.807) is 0 Å². The summed E-state index contributed by atoms with van der Waals surface area (Å²) >= 11 is 0. The molecule has 55 heavy (non-hydrogen) atoms. The zero-order valence-corrected chi connectivity index (χ0v) is 30.2. The number of hydrogen-bond donors (Lipinski definition) is 0. The van der Waals surface area contributed by atoms with E-state index in [1.807, 2.05) is 66.7 Å². The van der Waals surface area contributed by atoms with Crippen molar-refractivity contribution in [2.45, 2.75) is 18.8 Å². The molecule has 3 fully saturated rings. The van der Waals surface area contributed by atoms with E-state index >= 15 is 0 Å². The van der Waals surface area contributed by atoms with Crippen LogP contribution in [0, 0.1) is 23.7 Å². The third-order valence-corrected chi connectivity index (χ3v) is 12.2. The Hall–Kier alpha value is -6.59. The van der Waals surface area contributed by atoms with Crippen LogP contribution < -0.4 is 0 Å². The Balaban J connectivity index is 0.972. The average molecular weight is 708 g/mol. The minimum atomic E-state index is 0.632. The van der Waals surface area contributed by atoms with Crippen LogP contribution in [-0.4, -0.2) is 24.9 Å². The SMILES string of the molecule is c1ccc(-c2cc(-c3cccc(-c4cccc(-c5nc(-c6ccccc6)nc(-c6ccccc6)n5)c4)c3)nc(-c3cccc(C4C5CC6CC4C65)c3)n2)cc1. The molecule has 0 amide bonds. The smallest absolute Gasteiger partial charge is 0.164 e. The van der Waals surface area contributed by atoms with Crippen molar-refractivity contribution < 1.29 is 0 Å². The Bertz CT molecular complexity index is 2620. The van der Waals surface area contributed by atoms with Crippen molar-refractivity contribution in [2.24, 2.45) is 23.7 Å². The third-order valence-electron chi connectivity index (χ3n) is 12.2. The third kappa shape index (κ3) is 5.66. The highest BCUT2D eigenvalue weighted by Crippen LogP contribution is 2.75. The van der Waals surface area contributed by atoms with Gasteiger partial charge in [0.2, 0.25) is 0 Å². The molecular weight excluding hydrogens is 671 g/mol. The summed E-state index contributed by atoms with van der Waals surface area (Å²) in [6.07, 6.45) is 2.83. The van der Waals surface area contributed by atoms with Gasteiger partial charge in [0.25, 0.3) is 0 Å². The molecule has 262 valence electrons. The van der Waals surface area contributed by atoms with Crippen molar-refractivity contribution in [1.82, 2.24) is 24.9 Å². The monoisotopic (exact) mass is 707 g/mol. The fourth-order valence-corrected chi connectivity index (χ4v) is 9.49. The van der Waals surface area contributed by atoms with Gasteiger partial charge in [-0.15, -0.1) is 0 Å². The summed E-state index contributed by atoms with van der Waals surface area (Å²) in [6, 6.07) is 58.9. The highest BCUT2D eigenvalue weighted by atomic mass is 15.0. The fraction of sp³-hybridized carbons (Fsp3) is 0.140. The predicted molar refractivity (Wildman–Crippen MR) is 219 cm³/mol. The average Bonchev–Trinajstić information content (AvgIpc) is 3.27. The Morgan fingerprint density at radius 1 is 0.327 bits per heavy atom. The van der Waals surface area contributed by atoms with Crippen molar-refractivity contribution in [3.05, 3.63) is 175 Å². The van der Waals surface area contributed by atoms with E-state index < -0.39 is 0 Å². The molecule has 3 saturated carbocycles. The lowest BCUT2D eigenvalue weighted by Gasteiger charge is -2.73. The van der Waals surface area contributed by atoms with E-state index in [1.165, 1.54) is 18.4 Å². The van der Waals surface area contributed by atoms with Crippen LogP contribution >= 0.6 is 0 Å². The van der Waals surface area contributed by atoms with Gasteiger partial charge in [-0.2, -0.15) is 0 Å². The number of rotatable bonds is 8. The molecule has 2 unspecified atom stereocenters. The molecule has 3 aliphatic rings. The summed E-state index contributed by atoms with van der Waals surface area (Å²) in [7, 11) is 0. The largest absolute Gasteiger partial charge is 0.228 e. The van der Waals surface area contributed by atoms with Gasteiger partial charge < -0.3 is 0 Å². The van der Waals surface area contributed by atoms with Crippen LogP contribution in [0.25, 0.3) is 79.2 Å². The second-order valence-electron chi connectivity index (χ2n) is 15.3. The maximum atomic E-state index is 5.26. The first-order valence-corrected chi connectivity index (χ1v) is 19.3. The molecule has 5 nitrogen and oxygen atoms in total. The number of nitrogens with zero attached hydrogens (tertiary/aromatic N) is 5. The zero-order chi connectivity index (χ0) is 36.3. The summed E-state index contributed by atoms with van der Waals surface area (Å²) in [5.74, 6) is 7.18. The summed E-state index contributed by atoms with van der Waals surface area (Å²) in [4.78, 5) is 25.3. The molecule has 0 bridgehead atoms. The Morgan fingerprint density at radius 3 is 1.31 bits per heavy atom. The van der Waals surface area contributed by atoms with Crippen LogP contribution in [-0.2, 0) is 0 Å². The number of hydrogen-bond acceptors (Lipinski definition) is 5. The van der Waals surface area contributed by atoms with Crippen LogP contribution in [0.4, 0.5) is 0 Å². The van der Waals surface area contributed by atoms with E-state index in [4.69, 9.17) is 24.9 Å². The van der Waals surface area contributed by atoms with Crippen LogP contribution in [0.2, 0.25) is 0 Å². The van der Waals surface area contributed by atoms with Crippen molar-refractivity contribution >= 4 is 0 Å². The quantitative estimate of drug-likeness (QED) is 0.157. The van der Waals surface area contributed by atoms with Gasteiger partial charge in [0.05, 0.1) is 11.4 Å². The summed E-state index contributed by atoms with van der Waals surface area (Å²) in [5.41, 5.74) is 11.4. The normalized spacial score (nSPS) is 20.4. The fourth-order valence-electron chi connectivity index (χ4n) is 9.49. The molecule has 3 aliphatic carbocycles. The summed E-state index contributed by atoms with van der Waals surface area (Å²) < 4.78 is 0. The molecule has 0 spiro atoms. The highest BCUT2D eigenvalue weighted by molar-refractivity contribution is 5.78. The lowest BCUT2D eigenvalue weighted by atomic mass is 9.31. The topological polar surface area (TPSA) is 64.5 Å². The van der Waals surface area contributed by atoms with Crippen LogP contribution in [0.5, 0.6) is 0 Å². The van der Waals surface area contributed by atoms with Gasteiger partial charge in [-0.3, -0.25) is 0 Å². The molecule has 5 heteroatoms. The highest BCUT2D eigenvalue weighted by Gasteiger charge is 2.67. The lowest BCUT2D eigenvalue weighted by Crippen LogP contribution is -2.65. The molecule has 0 aliphatic heterocycles. The minimum Gasteiger partial charge on any atom is -0.228 e. The first-order valence-electron chi connectivity index (χ1n) is 19.3. The molecule has 2 aromatic heterocycles. The van der Waals surface area contributed by atoms with E-state index in [0.717, 1.165) is 85.4 Å². The first-order chi connectivity index (χ1) is 27.2. The second kappa shape index (κ2) is 13.1. The van der Waals surface area contributed by atoms with Gasteiger partial charge >= 0.3 is 0 Å². The van der Waals surface area contributed by atoms with Crippen LogP contribution in [0.15, 0.2) is 170 Å². The van der Waals surface area contributed by atoms with Crippen molar-refractivity contribution in [3.8, 4) is 79.2 Å². The Labute approximate surface area is 320 Å². The van der Waals surface area contributed by atoms with Gasteiger partial charge in [-0.05, 0) is 83.4 Å². The second-order valence-corrected chi connectivity index (χ2v) is 15.3. The van der Waals surface area contributed by atoms with Crippen LogP contribution in [0.1, 0.15) is 24.3 Å². The predicted octanol–water partition coefficient (Wildman–Crippen LogP) is 11.7. The molecule has 0 radical (unpaired) electrons. The van der Waals surface area contributed by atoms with Gasteiger partial charge in [-0.25, -0.2) is 24.9 Å². The maximum absolute atomic E-state index is 5.26. The summed E-state index contributed by atoms with van der Waals surface area (Å²) in [6.45, 7) is 0. The Morgan fingerprint density at radius 2 is 0.745 bits per heavy atom. The molecule has 6 aromatic carbocycles. The van der Waals surface area contributed by atoms with E-state index in [2.05, 4.69) is 103 Å². The summed E-state index contributed by atoms with van der Waals surface area (Å²) in [5, 5.41) is 0. The molecule has 8 aromatic rings. The standard InChI is InChI=1S/C50H37N5/c1-4-13-31(14-5-1)43-30-44(52-49(51-43)39-24-12-22-37(27-39)45-41-28-40-29-42(45)46(40)41)36-21-10-19-34(25-36)35-20-11-23-38(26-35)50-54-47(32-15-6-2-7-16-32)53-48(55-50)33-17-8-3-9-18-33/h1-27,30,40-42,45-46H,28-29H2. The molecular formula is C50H37N5. The minimum absolute atomic E-state index is 0.632. The van der Waals surface area contributed by atoms with E-state index in [-0.39, 0.29) is 0 Å². The number of benzene rings is 6. The van der Waals surface area contributed by atoms with Gasteiger partial charge in [0.15, 0.2) is 23.3 Å². The maximum Gasteiger partial charge on any atom is 0.164 e. The molecule has 0 N–H and O–H groups in total. The molecule has 11 rings (SSSR count). The van der Waals surface area contributed by atoms with Gasteiger partial charge in [0, 0.05) is 33.4 Å². The zero-order valence-electron chi connectivity index (χ0n) is 30.2. The lowest BCUT2D eigenvalue weighted by molar-refractivity contribution is -0.214. The van der Waals surface area contributed by atoms with E-state index in [0.29, 0.717) is 23.4 Å².